The molecule has 2 aromatic heterocycles. The highest BCUT2D eigenvalue weighted by Gasteiger charge is 2.19. The first-order valence-electron chi connectivity index (χ1n) is 8.53. The number of aryl methyl sites for hydroxylation is 1. The predicted molar refractivity (Wildman–Crippen MR) is 105 cm³/mol. The van der Waals surface area contributed by atoms with Gasteiger partial charge in [-0.1, -0.05) is 0 Å². The normalized spacial score (nSPS) is 10.5. The summed E-state index contributed by atoms with van der Waals surface area (Å²) in [5.41, 5.74) is 0.774. The van der Waals surface area contributed by atoms with Crippen molar-refractivity contribution < 1.29 is 23.1 Å². The summed E-state index contributed by atoms with van der Waals surface area (Å²) in [4.78, 5) is 26.8. The predicted octanol–water partition coefficient (Wildman–Crippen LogP) is 4.19. The number of hydrogen-bond acceptors (Lipinski definition) is 5. The zero-order chi connectivity index (χ0) is 20.1. The van der Waals surface area contributed by atoms with E-state index in [1.807, 2.05) is 6.92 Å². The van der Waals surface area contributed by atoms with Crippen LogP contribution >= 0.6 is 11.3 Å². The number of carbonyl (C=O) groups is 2. The van der Waals surface area contributed by atoms with Crippen LogP contribution in [-0.4, -0.2) is 36.9 Å². The van der Waals surface area contributed by atoms with Gasteiger partial charge in [0.2, 0.25) is 0 Å². The Morgan fingerprint density at radius 2 is 2.00 bits per heavy atom. The number of likely N-dealkylation sites (N-methyl/N-ethyl adjacent to an activating group) is 1. The molecule has 6 nitrogen and oxygen atoms in total. The molecule has 0 spiro atoms. The largest absolute Gasteiger partial charge is 0.492 e. The molecular weight excluding hydrogens is 383 g/mol. The fraction of sp³-hybridized carbons (Fsp3) is 0.200. The average Bonchev–Trinajstić information content (AvgIpc) is 3.32. The van der Waals surface area contributed by atoms with Crippen molar-refractivity contribution in [1.29, 1.82) is 0 Å². The molecule has 1 N–H and O–H groups in total. The van der Waals surface area contributed by atoms with Crippen LogP contribution in [0.4, 0.5) is 9.39 Å². The first kappa shape index (κ1) is 19.6. The third-order valence-corrected chi connectivity index (χ3v) is 5.09. The second kappa shape index (κ2) is 8.71. The zero-order valence-electron chi connectivity index (χ0n) is 15.4. The summed E-state index contributed by atoms with van der Waals surface area (Å²) < 4.78 is 23.5. The van der Waals surface area contributed by atoms with Gasteiger partial charge in [0.1, 0.15) is 18.2 Å². The molecule has 28 heavy (non-hydrogen) atoms. The SMILES string of the molecule is Cc1cc(NC(=O)c2ccco2)sc1C(=O)N(C)CCOc1ccc(F)cc1. The van der Waals surface area contributed by atoms with Crippen LogP contribution in [0.5, 0.6) is 5.75 Å². The highest BCUT2D eigenvalue weighted by molar-refractivity contribution is 7.18. The molecule has 146 valence electrons. The number of ether oxygens (including phenoxy) is 1. The molecule has 1 aromatic carbocycles. The van der Waals surface area contributed by atoms with Gasteiger partial charge < -0.3 is 19.4 Å². The van der Waals surface area contributed by atoms with Crippen molar-refractivity contribution in [2.75, 3.05) is 25.5 Å². The van der Waals surface area contributed by atoms with E-state index in [0.29, 0.717) is 22.2 Å². The number of anilines is 1. The molecule has 0 saturated heterocycles. The molecule has 0 bridgehead atoms. The Kier molecular flexibility index (Phi) is 6.10. The van der Waals surface area contributed by atoms with Gasteiger partial charge in [-0.05, 0) is 55.0 Å². The van der Waals surface area contributed by atoms with Crippen molar-refractivity contribution in [1.82, 2.24) is 4.90 Å². The van der Waals surface area contributed by atoms with Gasteiger partial charge in [0.15, 0.2) is 5.76 Å². The fourth-order valence-electron chi connectivity index (χ4n) is 2.44. The third-order valence-electron chi connectivity index (χ3n) is 3.95. The van der Waals surface area contributed by atoms with E-state index in [1.54, 1.807) is 30.1 Å². The molecule has 0 radical (unpaired) electrons. The summed E-state index contributed by atoms with van der Waals surface area (Å²) in [5.74, 6) is -0.121. The van der Waals surface area contributed by atoms with Crippen molar-refractivity contribution in [2.24, 2.45) is 0 Å². The summed E-state index contributed by atoms with van der Waals surface area (Å²) in [6, 6.07) is 10.7. The Hall–Kier alpha value is -3.13. The van der Waals surface area contributed by atoms with Crippen LogP contribution in [0.1, 0.15) is 25.8 Å². The molecule has 0 aliphatic rings. The van der Waals surface area contributed by atoms with Crippen LogP contribution in [0.25, 0.3) is 0 Å². The number of nitrogens with zero attached hydrogens (tertiary/aromatic N) is 1. The van der Waals surface area contributed by atoms with E-state index in [4.69, 9.17) is 9.15 Å². The standard InChI is InChI=1S/C20H19FN2O4S/c1-13-12-17(22-19(24)16-4-3-10-27-16)28-18(13)20(25)23(2)9-11-26-15-7-5-14(21)6-8-15/h3-8,10,12H,9,11H2,1-2H3,(H,22,24). The maximum Gasteiger partial charge on any atom is 0.291 e. The molecule has 8 heteroatoms. The summed E-state index contributed by atoms with van der Waals surface area (Å²) in [6.07, 6.45) is 1.42. The van der Waals surface area contributed by atoms with E-state index in [0.717, 1.165) is 5.56 Å². The second-order valence-electron chi connectivity index (χ2n) is 6.08. The lowest BCUT2D eigenvalue weighted by atomic mass is 10.2. The smallest absolute Gasteiger partial charge is 0.291 e. The Bertz CT molecular complexity index is 951. The zero-order valence-corrected chi connectivity index (χ0v) is 16.2. The molecular formula is C20H19FN2O4S. The van der Waals surface area contributed by atoms with Gasteiger partial charge in [0, 0.05) is 7.05 Å². The number of amides is 2. The molecule has 0 saturated carbocycles. The molecule has 2 heterocycles. The van der Waals surface area contributed by atoms with E-state index in [9.17, 15) is 14.0 Å². The monoisotopic (exact) mass is 402 g/mol. The van der Waals surface area contributed by atoms with Crippen LogP contribution < -0.4 is 10.1 Å². The van der Waals surface area contributed by atoms with Gasteiger partial charge in [0.05, 0.1) is 22.7 Å². The minimum atomic E-state index is -0.369. The number of benzene rings is 1. The molecule has 0 unspecified atom stereocenters. The van der Waals surface area contributed by atoms with Gasteiger partial charge in [-0.3, -0.25) is 9.59 Å². The third kappa shape index (κ3) is 4.77. The summed E-state index contributed by atoms with van der Waals surface area (Å²) >= 11 is 1.21. The first-order valence-corrected chi connectivity index (χ1v) is 9.35. The van der Waals surface area contributed by atoms with E-state index in [-0.39, 0.29) is 30.0 Å². The lowest BCUT2D eigenvalue weighted by Gasteiger charge is -2.17. The Morgan fingerprint density at radius 1 is 1.25 bits per heavy atom. The molecule has 3 aromatic rings. The van der Waals surface area contributed by atoms with Crippen molar-refractivity contribution in [3.05, 3.63) is 70.7 Å². The molecule has 0 atom stereocenters. The highest BCUT2D eigenvalue weighted by atomic mass is 32.1. The van der Waals surface area contributed by atoms with E-state index in [2.05, 4.69) is 5.32 Å². The van der Waals surface area contributed by atoms with E-state index >= 15 is 0 Å². The molecule has 3 rings (SSSR count). The topological polar surface area (TPSA) is 71.8 Å². The Balaban J connectivity index is 1.56. The first-order chi connectivity index (χ1) is 13.4. The molecule has 0 fully saturated rings. The maximum atomic E-state index is 12.9. The van der Waals surface area contributed by atoms with Crippen LogP contribution in [-0.2, 0) is 0 Å². The van der Waals surface area contributed by atoms with Gasteiger partial charge in [-0.2, -0.15) is 0 Å². The fourth-order valence-corrected chi connectivity index (χ4v) is 3.51. The van der Waals surface area contributed by atoms with Crippen LogP contribution in [0, 0.1) is 12.7 Å². The van der Waals surface area contributed by atoms with Gasteiger partial charge in [-0.15, -0.1) is 11.3 Å². The van der Waals surface area contributed by atoms with Crippen LogP contribution in [0.15, 0.2) is 53.1 Å². The van der Waals surface area contributed by atoms with Crippen LogP contribution in [0.3, 0.4) is 0 Å². The highest BCUT2D eigenvalue weighted by Crippen LogP contribution is 2.28. The minimum absolute atomic E-state index is 0.163. The lowest BCUT2D eigenvalue weighted by Crippen LogP contribution is -2.30. The van der Waals surface area contributed by atoms with Gasteiger partial charge in [-0.25, -0.2) is 4.39 Å². The number of carbonyl (C=O) groups excluding carboxylic acids is 2. The minimum Gasteiger partial charge on any atom is -0.492 e. The number of furan rings is 1. The van der Waals surface area contributed by atoms with Gasteiger partial charge >= 0.3 is 0 Å². The van der Waals surface area contributed by atoms with Crippen LogP contribution in [0.2, 0.25) is 0 Å². The number of thiophene rings is 1. The van der Waals surface area contributed by atoms with Gasteiger partial charge in [0.25, 0.3) is 11.8 Å². The molecule has 0 aliphatic carbocycles. The lowest BCUT2D eigenvalue weighted by molar-refractivity contribution is 0.0777. The van der Waals surface area contributed by atoms with E-state index < -0.39 is 0 Å². The van der Waals surface area contributed by atoms with Crippen molar-refractivity contribution in [2.45, 2.75) is 6.92 Å². The second-order valence-corrected chi connectivity index (χ2v) is 7.14. The average molecular weight is 402 g/mol. The summed E-state index contributed by atoms with van der Waals surface area (Å²) in [6.45, 7) is 2.46. The number of hydrogen-bond donors (Lipinski definition) is 1. The quantitative estimate of drug-likeness (QED) is 0.643. The van der Waals surface area contributed by atoms with Crippen molar-refractivity contribution in [3.63, 3.8) is 0 Å². The molecule has 2 amide bonds. The number of nitrogens with one attached hydrogen (secondary N) is 1. The Morgan fingerprint density at radius 3 is 2.68 bits per heavy atom. The van der Waals surface area contributed by atoms with E-state index in [1.165, 1.54) is 41.9 Å². The van der Waals surface area contributed by atoms with Crippen molar-refractivity contribution in [3.8, 4) is 5.75 Å². The Labute approximate surface area is 165 Å². The number of halogens is 1. The summed E-state index contributed by atoms with van der Waals surface area (Å²) in [5, 5.41) is 3.30. The maximum absolute atomic E-state index is 12.9. The van der Waals surface area contributed by atoms with Crippen molar-refractivity contribution >= 4 is 28.2 Å². The number of rotatable bonds is 7. The summed E-state index contributed by atoms with van der Waals surface area (Å²) in [7, 11) is 1.68. The molecule has 0 aliphatic heterocycles.